The molecule has 0 radical (unpaired) electrons. The zero-order chi connectivity index (χ0) is 31.9. The highest BCUT2D eigenvalue weighted by Crippen LogP contribution is 2.27. The molecule has 3 N–H and O–H groups in total. The average molecular weight is 615 g/mol. The molecule has 1 aliphatic heterocycles. The van der Waals surface area contributed by atoms with Gasteiger partial charge in [0, 0.05) is 17.7 Å². The number of nitrogens with one attached hydrogen (secondary N) is 2. The van der Waals surface area contributed by atoms with Gasteiger partial charge in [0.05, 0.1) is 18.4 Å². The fraction of sp³-hybridized carbons (Fsp3) is 0.261. The Labute approximate surface area is 233 Å². The molecule has 1 saturated heterocycles. The van der Waals surface area contributed by atoms with Crippen molar-refractivity contribution in [3.63, 3.8) is 0 Å². The van der Waals surface area contributed by atoms with Crippen LogP contribution < -0.4 is 15.8 Å². The molecular formula is C23H15F6N7O7. The summed E-state index contributed by atoms with van der Waals surface area (Å²) in [6, 6.07) is 2.35. The number of halogens is 6. The number of hydrogen-bond donors (Lipinski definition) is 3. The zero-order valence-electron chi connectivity index (χ0n) is 21.0. The summed E-state index contributed by atoms with van der Waals surface area (Å²) < 4.78 is 77.8. The molecule has 1 unspecified atom stereocenters. The van der Waals surface area contributed by atoms with Crippen molar-refractivity contribution in [1.82, 2.24) is 24.8 Å². The Bertz CT molecular complexity index is 1710. The molecule has 1 atom stereocenters. The lowest BCUT2D eigenvalue weighted by Gasteiger charge is -2.24. The quantitative estimate of drug-likeness (QED) is 0.270. The molecule has 14 nitrogen and oxygen atoms in total. The summed E-state index contributed by atoms with van der Waals surface area (Å²) in [5.41, 5.74) is -3.55. The Hall–Kier alpha value is -5.43. The number of carboxylic acid groups (broad SMARTS) is 1. The van der Waals surface area contributed by atoms with Crippen molar-refractivity contribution in [3.05, 3.63) is 52.1 Å². The summed E-state index contributed by atoms with van der Waals surface area (Å²) in [4.78, 5) is 85.4. The van der Waals surface area contributed by atoms with Gasteiger partial charge in [0.25, 0.3) is 11.5 Å². The number of aromatic nitrogens is 4. The highest BCUT2D eigenvalue weighted by atomic mass is 19.4. The number of fused-ring (bicyclic) bond motifs is 1. The first-order valence-electron chi connectivity index (χ1n) is 11.7. The van der Waals surface area contributed by atoms with Gasteiger partial charge >= 0.3 is 30.1 Å². The van der Waals surface area contributed by atoms with E-state index in [0.717, 1.165) is 30.5 Å². The van der Waals surface area contributed by atoms with Gasteiger partial charge < -0.3 is 5.11 Å². The van der Waals surface area contributed by atoms with E-state index >= 15 is 0 Å². The van der Waals surface area contributed by atoms with Crippen molar-refractivity contribution in [2.45, 2.75) is 37.8 Å². The van der Waals surface area contributed by atoms with Gasteiger partial charge in [-0.05, 0) is 30.7 Å². The molecule has 20 heteroatoms. The normalized spacial score (nSPS) is 15.4. The molecule has 4 rings (SSSR count). The molecule has 0 spiro atoms. The van der Waals surface area contributed by atoms with E-state index < -0.39 is 88.6 Å². The van der Waals surface area contributed by atoms with Gasteiger partial charge in [0.15, 0.2) is 11.2 Å². The van der Waals surface area contributed by atoms with Gasteiger partial charge in [-0.15, -0.1) is 0 Å². The maximum atomic E-state index is 13.5. The maximum absolute atomic E-state index is 13.5. The van der Waals surface area contributed by atoms with Crippen LogP contribution in [0.2, 0.25) is 0 Å². The molecule has 0 saturated carbocycles. The van der Waals surface area contributed by atoms with Gasteiger partial charge in [-0.3, -0.25) is 44.1 Å². The molecule has 43 heavy (non-hydrogen) atoms. The van der Waals surface area contributed by atoms with Crippen molar-refractivity contribution < 1.29 is 55.4 Å². The van der Waals surface area contributed by atoms with Crippen molar-refractivity contribution in [2.75, 3.05) is 10.2 Å². The number of rotatable bonds is 6. The summed E-state index contributed by atoms with van der Waals surface area (Å²) in [6.07, 6.45) is -10.3. The number of carboxylic acids is 1. The molecule has 1 aromatic carbocycles. The first-order chi connectivity index (χ1) is 20.0. The molecule has 0 bridgehead atoms. The number of nitrogens with zero attached hydrogens (tertiary/aromatic N) is 5. The topological polar surface area (TPSA) is 196 Å². The molecule has 3 heterocycles. The van der Waals surface area contributed by atoms with Crippen molar-refractivity contribution in [1.29, 1.82) is 0 Å². The van der Waals surface area contributed by atoms with Gasteiger partial charge in [0.2, 0.25) is 11.9 Å². The number of aromatic amines is 1. The standard InChI is InChI=1S/C23H15F6N7O7/c24-22(25,26)19(42)34-21-32-15-14(16(38)33-21)31-10(7-30-15)8-35(20(43)23(27,28)29)11-3-1-9(2-4-11)17(39)36-12(18(40)41)5-6-13(36)37/h1-4,7,12H,5-6,8H2,(H,40,41)(H2,30,32,33,34,38,42). The Morgan fingerprint density at radius 3 is 2.26 bits per heavy atom. The van der Waals surface area contributed by atoms with Gasteiger partial charge in [-0.25, -0.2) is 14.8 Å². The largest absolute Gasteiger partial charge is 0.480 e. The van der Waals surface area contributed by atoms with Crippen LogP contribution in [0.4, 0.5) is 38.0 Å². The Morgan fingerprint density at radius 1 is 1.02 bits per heavy atom. The van der Waals surface area contributed by atoms with E-state index in [1.165, 1.54) is 5.32 Å². The molecule has 0 aliphatic carbocycles. The third-order valence-electron chi connectivity index (χ3n) is 5.91. The van der Waals surface area contributed by atoms with E-state index in [2.05, 4.69) is 15.0 Å². The number of H-pyrrole nitrogens is 1. The molecule has 1 aliphatic rings. The van der Waals surface area contributed by atoms with Crippen LogP contribution >= 0.6 is 0 Å². The average Bonchev–Trinajstić information content (AvgIpc) is 3.32. The Kier molecular flexibility index (Phi) is 7.88. The summed E-state index contributed by atoms with van der Waals surface area (Å²) in [5, 5.41) is 10.6. The number of alkyl halides is 6. The summed E-state index contributed by atoms with van der Waals surface area (Å²) in [6.45, 7) is -0.952. The van der Waals surface area contributed by atoms with Crippen molar-refractivity contribution >= 4 is 52.4 Å². The summed E-state index contributed by atoms with van der Waals surface area (Å²) >= 11 is 0. The van der Waals surface area contributed by atoms with Crippen LogP contribution in [0.5, 0.6) is 0 Å². The van der Waals surface area contributed by atoms with Gasteiger partial charge in [-0.1, -0.05) is 0 Å². The summed E-state index contributed by atoms with van der Waals surface area (Å²) in [7, 11) is 0. The smallest absolute Gasteiger partial charge is 0.471 e. The maximum Gasteiger partial charge on any atom is 0.471 e. The van der Waals surface area contributed by atoms with Crippen LogP contribution in [0.1, 0.15) is 28.9 Å². The van der Waals surface area contributed by atoms with E-state index in [1.54, 1.807) is 0 Å². The molecular weight excluding hydrogens is 600 g/mol. The monoisotopic (exact) mass is 615 g/mol. The van der Waals surface area contributed by atoms with E-state index in [9.17, 15) is 60.2 Å². The van der Waals surface area contributed by atoms with E-state index in [4.69, 9.17) is 0 Å². The molecule has 4 amide bonds. The predicted octanol–water partition coefficient (Wildman–Crippen LogP) is 1.53. The Morgan fingerprint density at radius 2 is 1.67 bits per heavy atom. The third-order valence-corrected chi connectivity index (χ3v) is 5.91. The number of benzene rings is 1. The van der Waals surface area contributed by atoms with Crippen LogP contribution in [0, 0.1) is 0 Å². The van der Waals surface area contributed by atoms with Crippen LogP contribution in [0.25, 0.3) is 11.2 Å². The fourth-order valence-corrected chi connectivity index (χ4v) is 3.96. The molecule has 226 valence electrons. The van der Waals surface area contributed by atoms with Gasteiger partial charge in [0.1, 0.15) is 6.04 Å². The highest BCUT2D eigenvalue weighted by molar-refractivity contribution is 6.09. The van der Waals surface area contributed by atoms with Crippen molar-refractivity contribution in [3.8, 4) is 0 Å². The number of likely N-dealkylation sites (tertiary alicyclic amines) is 1. The molecule has 1 fully saturated rings. The number of hydrogen-bond acceptors (Lipinski definition) is 9. The SMILES string of the molecule is O=C(O)C1CCC(=O)N1C(=O)c1ccc(N(Cc2cnc3nc(NC(=O)C(F)(F)F)[nH]c(=O)c3n2)C(=O)C(F)(F)F)cc1. The van der Waals surface area contributed by atoms with E-state index in [0.29, 0.717) is 4.90 Å². The Balaban J connectivity index is 1.63. The van der Waals surface area contributed by atoms with Crippen molar-refractivity contribution in [2.24, 2.45) is 0 Å². The first-order valence-corrected chi connectivity index (χ1v) is 11.7. The number of anilines is 2. The van der Waals surface area contributed by atoms with Gasteiger partial charge in [-0.2, -0.15) is 31.3 Å². The first kappa shape index (κ1) is 30.5. The predicted molar refractivity (Wildman–Crippen MR) is 128 cm³/mol. The van der Waals surface area contributed by atoms with E-state index in [-0.39, 0.29) is 23.3 Å². The minimum Gasteiger partial charge on any atom is -0.480 e. The van der Waals surface area contributed by atoms with E-state index in [1.807, 2.05) is 4.98 Å². The molecule has 2 aromatic heterocycles. The second kappa shape index (κ2) is 11.1. The fourth-order valence-electron chi connectivity index (χ4n) is 3.96. The summed E-state index contributed by atoms with van der Waals surface area (Å²) in [5.74, 6) is -8.99. The second-order valence-electron chi connectivity index (χ2n) is 8.80. The lowest BCUT2D eigenvalue weighted by Crippen LogP contribution is -2.43. The van der Waals surface area contributed by atoms with Crippen LogP contribution in [0.15, 0.2) is 35.3 Å². The zero-order valence-corrected chi connectivity index (χ0v) is 21.0. The highest BCUT2D eigenvalue weighted by Gasteiger charge is 2.44. The molecule has 3 aromatic rings. The lowest BCUT2D eigenvalue weighted by atomic mass is 10.1. The second-order valence-corrected chi connectivity index (χ2v) is 8.80. The lowest BCUT2D eigenvalue weighted by molar-refractivity contribution is -0.170. The van der Waals surface area contributed by atoms with Crippen LogP contribution in [-0.2, 0) is 25.7 Å². The minimum absolute atomic E-state index is 0.124. The number of imide groups is 1. The number of amides is 4. The van der Waals surface area contributed by atoms with Crippen LogP contribution in [-0.4, -0.2) is 77.9 Å². The number of carbonyl (C=O) groups excluding carboxylic acids is 4. The number of carbonyl (C=O) groups is 5. The number of aliphatic carboxylic acids is 1. The van der Waals surface area contributed by atoms with Crippen LogP contribution in [0.3, 0.4) is 0 Å². The minimum atomic E-state index is -5.42. The third kappa shape index (κ3) is 6.41.